The van der Waals surface area contributed by atoms with Crippen LogP contribution in [-0.2, 0) is 13.1 Å². The molecule has 0 atom stereocenters. The van der Waals surface area contributed by atoms with E-state index in [0.717, 1.165) is 5.56 Å². The van der Waals surface area contributed by atoms with Crippen molar-refractivity contribution in [2.24, 2.45) is 0 Å². The monoisotopic (exact) mass is 366 g/mol. The summed E-state index contributed by atoms with van der Waals surface area (Å²) >= 11 is 6.09. The van der Waals surface area contributed by atoms with Crippen LogP contribution in [0.2, 0.25) is 5.02 Å². The number of nitrogens with zero attached hydrogens (tertiary/aromatic N) is 3. The highest BCUT2D eigenvalue weighted by molar-refractivity contribution is 6.31. The van der Waals surface area contributed by atoms with E-state index in [1.165, 1.54) is 11.8 Å². The number of amides is 1. The largest absolute Gasteiger partial charge is 0.354 e. The number of halogens is 1. The third kappa shape index (κ3) is 4.58. The van der Waals surface area contributed by atoms with Crippen LogP contribution in [-0.4, -0.2) is 22.9 Å². The summed E-state index contributed by atoms with van der Waals surface area (Å²) in [6.45, 7) is 1.06. The van der Waals surface area contributed by atoms with E-state index >= 15 is 0 Å². The van der Waals surface area contributed by atoms with Gasteiger partial charge in [0.1, 0.15) is 11.5 Å². The molecule has 0 saturated heterocycles. The molecule has 0 aliphatic heterocycles. The number of nitrogens with one attached hydrogen (secondary N) is 1. The van der Waals surface area contributed by atoms with Gasteiger partial charge in [-0.3, -0.25) is 4.79 Å². The summed E-state index contributed by atoms with van der Waals surface area (Å²) in [4.78, 5) is 22.8. The van der Waals surface area contributed by atoms with Crippen molar-refractivity contribution < 1.29 is 4.79 Å². The second kappa shape index (κ2) is 8.45. The summed E-state index contributed by atoms with van der Waals surface area (Å²) in [7, 11) is 1.94. The highest BCUT2D eigenvalue weighted by Gasteiger charge is 2.10. The molecule has 0 fully saturated rings. The Labute approximate surface area is 157 Å². The van der Waals surface area contributed by atoms with Crippen molar-refractivity contribution in [2.75, 3.05) is 11.9 Å². The fourth-order valence-electron chi connectivity index (χ4n) is 2.48. The average Bonchev–Trinajstić information content (AvgIpc) is 2.68. The van der Waals surface area contributed by atoms with E-state index in [-0.39, 0.29) is 11.6 Å². The van der Waals surface area contributed by atoms with E-state index in [1.54, 1.807) is 12.3 Å². The van der Waals surface area contributed by atoms with Crippen molar-refractivity contribution in [3.05, 3.63) is 88.8 Å². The Morgan fingerprint density at radius 1 is 1.04 bits per heavy atom. The van der Waals surface area contributed by atoms with Crippen molar-refractivity contribution in [3.8, 4) is 0 Å². The Hall–Kier alpha value is -2.92. The fourth-order valence-corrected chi connectivity index (χ4v) is 2.68. The van der Waals surface area contributed by atoms with Crippen LogP contribution >= 0.6 is 11.6 Å². The minimum absolute atomic E-state index is 0.272. The molecule has 1 heterocycles. The molecule has 1 amide bonds. The molecule has 5 nitrogen and oxygen atoms in total. The van der Waals surface area contributed by atoms with E-state index in [4.69, 9.17) is 11.6 Å². The summed E-state index contributed by atoms with van der Waals surface area (Å²) in [6, 6.07) is 17.5. The molecule has 0 unspecified atom stereocenters. The lowest BCUT2D eigenvalue weighted by atomic mass is 10.2. The molecule has 3 aromatic rings. The first-order valence-electron chi connectivity index (χ1n) is 8.22. The molecule has 0 bridgehead atoms. The lowest BCUT2D eigenvalue weighted by molar-refractivity contribution is 0.0945. The maximum Gasteiger partial charge on any atom is 0.271 e. The number of rotatable bonds is 6. The van der Waals surface area contributed by atoms with Gasteiger partial charge < -0.3 is 10.2 Å². The molecule has 0 spiro atoms. The Bertz CT molecular complexity index is 868. The van der Waals surface area contributed by atoms with E-state index in [1.807, 2.05) is 48.3 Å². The van der Waals surface area contributed by atoms with Crippen LogP contribution in [0.15, 0.2) is 67.0 Å². The van der Waals surface area contributed by atoms with Crippen LogP contribution in [0, 0.1) is 0 Å². The summed E-state index contributed by atoms with van der Waals surface area (Å²) in [5.41, 5.74) is 2.31. The molecular formula is C20H19ClN4O. The Kier molecular flexibility index (Phi) is 5.81. The zero-order chi connectivity index (χ0) is 18.4. The van der Waals surface area contributed by atoms with Crippen molar-refractivity contribution in [2.45, 2.75) is 13.1 Å². The number of carbonyl (C=O) groups is 1. The summed E-state index contributed by atoms with van der Waals surface area (Å²) < 4.78 is 0. The van der Waals surface area contributed by atoms with Crippen molar-refractivity contribution in [1.29, 1.82) is 0 Å². The van der Waals surface area contributed by atoms with E-state index in [9.17, 15) is 4.79 Å². The van der Waals surface area contributed by atoms with Crippen molar-refractivity contribution >= 4 is 23.3 Å². The van der Waals surface area contributed by atoms with Crippen LogP contribution in [0.1, 0.15) is 21.6 Å². The smallest absolute Gasteiger partial charge is 0.271 e. The van der Waals surface area contributed by atoms with Crippen LogP contribution in [0.4, 0.5) is 5.82 Å². The number of anilines is 1. The predicted octanol–water partition coefficient (Wildman–Crippen LogP) is 3.70. The number of benzene rings is 2. The topological polar surface area (TPSA) is 58.1 Å². The van der Waals surface area contributed by atoms with Gasteiger partial charge in [-0.15, -0.1) is 0 Å². The molecule has 1 N–H and O–H groups in total. The minimum Gasteiger partial charge on any atom is -0.354 e. The first-order chi connectivity index (χ1) is 12.6. The van der Waals surface area contributed by atoms with Crippen LogP contribution < -0.4 is 10.2 Å². The summed E-state index contributed by atoms with van der Waals surface area (Å²) in [5.74, 6) is 0.422. The molecule has 0 saturated carbocycles. The van der Waals surface area contributed by atoms with Crippen molar-refractivity contribution in [3.63, 3.8) is 0 Å². The van der Waals surface area contributed by atoms with Gasteiger partial charge in [-0.1, -0.05) is 60.1 Å². The lowest BCUT2D eigenvalue weighted by Gasteiger charge is -2.17. The quantitative estimate of drug-likeness (QED) is 0.722. The van der Waals surface area contributed by atoms with Crippen LogP contribution in [0.3, 0.4) is 0 Å². The highest BCUT2D eigenvalue weighted by Crippen LogP contribution is 2.15. The van der Waals surface area contributed by atoms with E-state index in [0.29, 0.717) is 23.9 Å². The molecule has 0 radical (unpaired) electrons. The van der Waals surface area contributed by atoms with Gasteiger partial charge in [0.15, 0.2) is 0 Å². The van der Waals surface area contributed by atoms with Gasteiger partial charge in [0.2, 0.25) is 0 Å². The third-order valence-electron chi connectivity index (χ3n) is 3.92. The van der Waals surface area contributed by atoms with Gasteiger partial charge in [0, 0.05) is 25.2 Å². The Morgan fingerprint density at radius 3 is 2.46 bits per heavy atom. The number of hydrogen-bond donors (Lipinski definition) is 1. The molecule has 6 heteroatoms. The first kappa shape index (κ1) is 17.9. The van der Waals surface area contributed by atoms with Gasteiger partial charge in [-0.2, -0.15) is 0 Å². The lowest BCUT2D eigenvalue weighted by Crippen LogP contribution is -2.25. The Morgan fingerprint density at radius 2 is 1.77 bits per heavy atom. The first-order valence-corrected chi connectivity index (χ1v) is 8.60. The van der Waals surface area contributed by atoms with E-state index in [2.05, 4.69) is 27.4 Å². The molecule has 3 rings (SSSR count). The van der Waals surface area contributed by atoms with Gasteiger partial charge >= 0.3 is 0 Å². The zero-order valence-electron chi connectivity index (χ0n) is 14.4. The second-order valence-corrected chi connectivity index (χ2v) is 6.28. The van der Waals surface area contributed by atoms with E-state index < -0.39 is 0 Å². The van der Waals surface area contributed by atoms with Gasteiger partial charge in [-0.25, -0.2) is 9.97 Å². The number of aromatic nitrogens is 2. The SMILES string of the molecule is CN(Cc1ccccc1)c1cnc(C(=O)NCc2ccccc2Cl)cn1. The molecule has 26 heavy (non-hydrogen) atoms. The van der Waals surface area contributed by atoms with Crippen molar-refractivity contribution in [1.82, 2.24) is 15.3 Å². The maximum absolute atomic E-state index is 12.2. The molecule has 2 aromatic carbocycles. The van der Waals surface area contributed by atoms with Crippen LogP contribution in [0.5, 0.6) is 0 Å². The normalized spacial score (nSPS) is 10.4. The predicted molar refractivity (Wildman–Crippen MR) is 103 cm³/mol. The standard InChI is InChI=1S/C20H19ClN4O/c1-25(14-15-7-3-2-4-8-15)19-13-22-18(12-23-19)20(26)24-11-16-9-5-6-10-17(16)21/h2-10,12-13H,11,14H2,1H3,(H,24,26). The third-order valence-corrected chi connectivity index (χ3v) is 4.29. The fraction of sp³-hybridized carbons (Fsp3) is 0.150. The average molecular weight is 367 g/mol. The molecule has 132 valence electrons. The summed E-state index contributed by atoms with van der Waals surface area (Å²) in [5, 5.41) is 3.43. The number of hydrogen-bond acceptors (Lipinski definition) is 4. The van der Waals surface area contributed by atoms with Gasteiger partial charge in [-0.05, 0) is 17.2 Å². The molecule has 0 aliphatic carbocycles. The maximum atomic E-state index is 12.2. The molecule has 0 aliphatic rings. The molecule has 1 aromatic heterocycles. The highest BCUT2D eigenvalue weighted by atomic mass is 35.5. The Balaban J connectivity index is 1.60. The molecular weight excluding hydrogens is 348 g/mol. The second-order valence-electron chi connectivity index (χ2n) is 5.88. The zero-order valence-corrected chi connectivity index (χ0v) is 15.1. The van der Waals surface area contributed by atoms with Gasteiger partial charge in [0.05, 0.1) is 12.4 Å². The van der Waals surface area contributed by atoms with Gasteiger partial charge in [0.25, 0.3) is 5.91 Å². The van der Waals surface area contributed by atoms with Crippen LogP contribution in [0.25, 0.3) is 0 Å². The minimum atomic E-state index is -0.283. The number of carbonyl (C=O) groups excluding carboxylic acids is 1. The summed E-state index contributed by atoms with van der Waals surface area (Å²) in [6.07, 6.45) is 3.09.